The van der Waals surface area contributed by atoms with Gasteiger partial charge in [0.05, 0.1) is 24.9 Å². The zero-order valence-corrected chi connectivity index (χ0v) is 18.1. The molecule has 1 aromatic rings. The average molecular weight is 451 g/mol. The topological polar surface area (TPSA) is 81.7 Å². The number of halogens is 3. The first-order valence-corrected chi connectivity index (χ1v) is 10.2. The minimum absolute atomic E-state index is 0.00488. The largest absolute Gasteiger partial charge is 0.468 e. The minimum atomic E-state index is -4.72. The Bertz CT molecular complexity index is 1020. The van der Waals surface area contributed by atoms with Gasteiger partial charge >= 0.3 is 18.1 Å². The van der Waals surface area contributed by atoms with Gasteiger partial charge in [-0.25, -0.2) is 4.79 Å². The number of allylic oxidation sites excluding steroid dienone is 3. The summed E-state index contributed by atoms with van der Waals surface area (Å²) < 4.78 is 51.6. The van der Waals surface area contributed by atoms with Crippen LogP contribution in [0.1, 0.15) is 44.2 Å². The summed E-state index contributed by atoms with van der Waals surface area (Å²) in [6, 6.07) is 4.81. The quantitative estimate of drug-likeness (QED) is 0.553. The molecule has 3 atom stereocenters. The van der Waals surface area contributed by atoms with Crippen LogP contribution in [0.2, 0.25) is 0 Å². The van der Waals surface area contributed by atoms with Gasteiger partial charge in [-0.15, -0.1) is 0 Å². The number of benzene rings is 1. The lowest BCUT2D eigenvalue weighted by Crippen LogP contribution is -2.43. The van der Waals surface area contributed by atoms with Gasteiger partial charge in [0.2, 0.25) is 0 Å². The number of rotatable bonds is 4. The van der Waals surface area contributed by atoms with Gasteiger partial charge in [0, 0.05) is 22.9 Å². The molecule has 172 valence electrons. The monoisotopic (exact) mass is 451 g/mol. The number of Topliss-reactive ketones (excluding diaryl/α,β-unsaturated/α-hetero) is 1. The van der Waals surface area contributed by atoms with Crippen molar-refractivity contribution in [1.82, 2.24) is 5.32 Å². The lowest BCUT2D eigenvalue weighted by molar-refractivity contribution is -0.151. The van der Waals surface area contributed by atoms with Crippen LogP contribution in [0.3, 0.4) is 0 Å². The maximum absolute atomic E-state index is 13.9. The molecule has 1 aromatic carbocycles. The summed E-state index contributed by atoms with van der Waals surface area (Å²) in [5.74, 6) is -5.20. The number of hydrogen-bond acceptors (Lipinski definition) is 6. The number of nitrogens with one attached hydrogen (secondary N) is 1. The van der Waals surface area contributed by atoms with Crippen molar-refractivity contribution in [2.75, 3.05) is 13.7 Å². The van der Waals surface area contributed by atoms with Crippen LogP contribution in [0.25, 0.3) is 0 Å². The Morgan fingerprint density at radius 2 is 1.88 bits per heavy atom. The minimum Gasteiger partial charge on any atom is -0.468 e. The molecule has 0 amide bonds. The molecular formula is C23H24F3NO5. The fourth-order valence-corrected chi connectivity index (χ4v) is 4.48. The SMILES string of the molecule is CCOC(=O)C1=C(C)NC2=C(C(=O)[C@H](C(=O)OC)[C@@H](C)C2)[C@H]1c1ccccc1C(F)(F)F. The molecule has 9 heteroatoms. The molecule has 6 nitrogen and oxygen atoms in total. The highest BCUT2D eigenvalue weighted by molar-refractivity contribution is 6.12. The molecule has 0 unspecified atom stereocenters. The van der Waals surface area contributed by atoms with Crippen LogP contribution < -0.4 is 5.32 Å². The number of carbonyl (C=O) groups is 3. The molecule has 0 saturated heterocycles. The van der Waals surface area contributed by atoms with E-state index in [1.807, 2.05) is 0 Å². The third-order valence-corrected chi connectivity index (χ3v) is 5.82. The van der Waals surface area contributed by atoms with E-state index in [-0.39, 0.29) is 29.7 Å². The molecule has 32 heavy (non-hydrogen) atoms. The second kappa shape index (κ2) is 8.80. The van der Waals surface area contributed by atoms with Gasteiger partial charge in [0.1, 0.15) is 5.92 Å². The van der Waals surface area contributed by atoms with Gasteiger partial charge in [0.15, 0.2) is 5.78 Å². The molecule has 0 saturated carbocycles. The fraction of sp³-hybridized carbons (Fsp3) is 0.435. The number of esters is 2. The number of methoxy groups -OCH3 is 1. The molecule has 1 aliphatic carbocycles. The maximum atomic E-state index is 13.9. The van der Waals surface area contributed by atoms with E-state index < -0.39 is 47.2 Å². The molecule has 0 bridgehead atoms. The highest BCUT2D eigenvalue weighted by Crippen LogP contribution is 2.48. The number of dihydropyridines is 1. The first-order chi connectivity index (χ1) is 15.0. The lowest BCUT2D eigenvalue weighted by Gasteiger charge is -2.38. The number of carbonyl (C=O) groups excluding carboxylic acids is 3. The third kappa shape index (κ3) is 4.03. The van der Waals surface area contributed by atoms with E-state index in [0.717, 1.165) is 13.2 Å². The van der Waals surface area contributed by atoms with Crippen molar-refractivity contribution in [3.05, 3.63) is 57.9 Å². The second-order valence-corrected chi connectivity index (χ2v) is 7.84. The summed E-state index contributed by atoms with van der Waals surface area (Å²) in [5, 5.41) is 3.01. The van der Waals surface area contributed by atoms with Crippen molar-refractivity contribution in [1.29, 1.82) is 0 Å². The first kappa shape index (κ1) is 23.6. The van der Waals surface area contributed by atoms with Gasteiger partial charge in [-0.05, 0) is 37.8 Å². The van der Waals surface area contributed by atoms with Crippen molar-refractivity contribution >= 4 is 17.7 Å². The Balaban J connectivity index is 2.29. The van der Waals surface area contributed by atoms with Crippen molar-refractivity contribution < 1.29 is 37.0 Å². The van der Waals surface area contributed by atoms with E-state index in [0.29, 0.717) is 11.4 Å². The van der Waals surface area contributed by atoms with Crippen molar-refractivity contribution in [2.45, 2.75) is 39.3 Å². The van der Waals surface area contributed by atoms with Gasteiger partial charge < -0.3 is 14.8 Å². The lowest BCUT2D eigenvalue weighted by atomic mass is 9.68. The van der Waals surface area contributed by atoms with Crippen LogP contribution in [0.15, 0.2) is 46.8 Å². The number of alkyl halides is 3. The Hall–Kier alpha value is -3.10. The highest BCUT2D eigenvalue weighted by atomic mass is 19.4. The van der Waals surface area contributed by atoms with E-state index in [9.17, 15) is 27.6 Å². The summed E-state index contributed by atoms with van der Waals surface area (Å²) in [7, 11) is 1.15. The summed E-state index contributed by atoms with van der Waals surface area (Å²) in [6.45, 7) is 4.84. The summed E-state index contributed by atoms with van der Waals surface area (Å²) >= 11 is 0. The maximum Gasteiger partial charge on any atom is 0.416 e. The zero-order chi connectivity index (χ0) is 23.8. The number of hydrogen-bond donors (Lipinski definition) is 1. The smallest absolute Gasteiger partial charge is 0.416 e. The molecule has 0 fully saturated rings. The fourth-order valence-electron chi connectivity index (χ4n) is 4.48. The molecule has 0 spiro atoms. The van der Waals surface area contributed by atoms with Crippen molar-refractivity contribution in [3.8, 4) is 0 Å². The van der Waals surface area contributed by atoms with E-state index in [4.69, 9.17) is 9.47 Å². The third-order valence-electron chi connectivity index (χ3n) is 5.82. The van der Waals surface area contributed by atoms with Crippen molar-refractivity contribution in [2.24, 2.45) is 11.8 Å². The van der Waals surface area contributed by atoms with Gasteiger partial charge in [-0.3, -0.25) is 9.59 Å². The standard InChI is InChI=1S/C23H24F3NO5/c1-5-32-22(30)17-12(3)27-15-10-11(2)16(21(29)31-4)20(28)19(15)18(17)13-8-6-7-9-14(13)23(24,25)26/h6-9,11,16,18,27H,5,10H2,1-4H3/t11-,16+,18-/m0/s1. The summed E-state index contributed by atoms with van der Waals surface area (Å²) in [5.41, 5.74) is -0.633. The molecule has 3 rings (SSSR count). The van der Waals surface area contributed by atoms with E-state index in [1.165, 1.54) is 18.2 Å². The van der Waals surface area contributed by atoms with Crippen LogP contribution in [-0.4, -0.2) is 31.4 Å². The predicted octanol–water partition coefficient (Wildman–Crippen LogP) is 3.88. The Morgan fingerprint density at radius 1 is 1.22 bits per heavy atom. The second-order valence-electron chi connectivity index (χ2n) is 7.84. The predicted molar refractivity (Wildman–Crippen MR) is 108 cm³/mol. The van der Waals surface area contributed by atoms with Gasteiger partial charge in [-0.2, -0.15) is 13.2 Å². The molecule has 2 aliphatic rings. The number of ether oxygens (including phenoxy) is 2. The molecule has 1 aliphatic heterocycles. The van der Waals surface area contributed by atoms with Crippen LogP contribution in [-0.2, 0) is 30.0 Å². The van der Waals surface area contributed by atoms with Crippen LogP contribution >= 0.6 is 0 Å². The Morgan fingerprint density at radius 3 is 2.47 bits per heavy atom. The van der Waals surface area contributed by atoms with E-state index >= 15 is 0 Å². The average Bonchev–Trinajstić information content (AvgIpc) is 2.72. The molecule has 0 radical (unpaired) electrons. The van der Waals surface area contributed by atoms with Crippen LogP contribution in [0.5, 0.6) is 0 Å². The first-order valence-electron chi connectivity index (χ1n) is 10.2. The Labute approximate surface area is 183 Å². The molecule has 1 heterocycles. The molecular weight excluding hydrogens is 427 g/mol. The number of ketones is 1. The van der Waals surface area contributed by atoms with E-state index in [1.54, 1.807) is 20.8 Å². The highest BCUT2D eigenvalue weighted by Gasteiger charge is 2.49. The van der Waals surface area contributed by atoms with Crippen LogP contribution in [0, 0.1) is 11.8 Å². The zero-order valence-electron chi connectivity index (χ0n) is 18.1. The van der Waals surface area contributed by atoms with Gasteiger partial charge in [0.25, 0.3) is 0 Å². The summed E-state index contributed by atoms with van der Waals surface area (Å²) in [4.78, 5) is 38.7. The summed E-state index contributed by atoms with van der Waals surface area (Å²) in [6.07, 6.45) is -4.48. The van der Waals surface area contributed by atoms with E-state index in [2.05, 4.69) is 5.32 Å². The normalized spacial score (nSPS) is 23.5. The van der Waals surface area contributed by atoms with Crippen LogP contribution in [0.4, 0.5) is 13.2 Å². The Kier molecular flexibility index (Phi) is 6.48. The molecule has 0 aromatic heterocycles. The molecule has 1 N–H and O–H groups in total. The van der Waals surface area contributed by atoms with Crippen molar-refractivity contribution in [3.63, 3.8) is 0 Å². The van der Waals surface area contributed by atoms with Gasteiger partial charge in [-0.1, -0.05) is 25.1 Å².